The van der Waals surface area contributed by atoms with Crippen LogP contribution >= 0.6 is 11.6 Å². The van der Waals surface area contributed by atoms with Gasteiger partial charge in [0.15, 0.2) is 0 Å². The third-order valence-corrected chi connectivity index (χ3v) is 5.22. The first-order valence-corrected chi connectivity index (χ1v) is 8.05. The van der Waals surface area contributed by atoms with E-state index < -0.39 is 0 Å². The van der Waals surface area contributed by atoms with E-state index in [0.29, 0.717) is 10.6 Å². The molecule has 3 nitrogen and oxygen atoms in total. The maximum Gasteiger partial charge on any atom is 0.129 e. The predicted octanol–water partition coefficient (Wildman–Crippen LogP) is 3.12. The molecule has 1 aliphatic heterocycles. The van der Waals surface area contributed by atoms with Gasteiger partial charge in [0, 0.05) is 29.2 Å². The highest BCUT2D eigenvalue weighted by atomic mass is 35.5. The van der Waals surface area contributed by atoms with Crippen LogP contribution in [0.5, 0.6) is 0 Å². The smallest absolute Gasteiger partial charge is 0.129 e. The average molecular weight is 313 g/mol. The number of nitrogens with zero attached hydrogens (tertiary/aromatic N) is 1. The second kappa shape index (κ2) is 6.21. The Morgan fingerprint density at radius 3 is 2.52 bits per heavy atom. The fourth-order valence-corrected chi connectivity index (χ4v) is 4.02. The molecular formula is C16H22ClFN2O. The van der Waals surface area contributed by atoms with Crippen LogP contribution in [-0.4, -0.2) is 36.7 Å². The monoisotopic (exact) mass is 312 g/mol. The first kappa shape index (κ1) is 15.2. The summed E-state index contributed by atoms with van der Waals surface area (Å²) in [6, 6.07) is 4.50. The van der Waals surface area contributed by atoms with Crippen molar-refractivity contribution >= 4 is 11.6 Å². The maximum absolute atomic E-state index is 14.3. The van der Waals surface area contributed by atoms with Gasteiger partial charge in [-0.3, -0.25) is 4.90 Å². The van der Waals surface area contributed by atoms with Crippen LogP contribution in [0.2, 0.25) is 5.02 Å². The first-order chi connectivity index (χ1) is 10.1. The molecular weight excluding hydrogens is 291 g/mol. The summed E-state index contributed by atoms with van der Waals surface area (Å²) in [5, 5.41) is 0.412. The van der Waals surface area contributed by atoms with Crippen molar-refractivity contribution in [2.75, 3.05) is 26.3 Å². The zero-order valence-electron chi connectivity index (χ0n) is 12.2. The molecule has 0 amide bonds. The van der Waals surface area contributed by atoms with E-state index >= 15 is 0 Å². The molecule has 2 N–H and O–H groups in total. The van der Waals surface area contributed by atoms with Gasteiger partial charge in [-0.2, -0.15) is 0 Å². The van der Waals surface area contributed by atoms with E-state index in [2.05, 4.69) is 4.90 Å². The average Bonchev–Trinajstić information content (AvgIpc) is 2.98. The zero-order chi connectivity index (χ0) is 14.9. The quantitative estimate of drug-likeness (QED) is 0.932. The summed E-state index contributed by atoms with van der Waals surface area (Å²) < 4.78 is 19.7. The van der Waals surface area contributed by atoms with Crippen molar-refractivity contribution in [1.82, 2.24) is 4.90 Å². The Hall–Kier alpha value is -0.680. The molecule has 0 radical (unpaired) electrons. The number of hydrogen-bond donors (Lipinski definition) is 1. The van der Waals surface area contributed by atoms with E-state index in [0.717, 1.165) is 52.0 Å². The highest BCUT2D eigenvalue weighted by Gasteiger charge is 2.46. The molecule has 1 heterocycles. The van der Waals surface area contributed by atoms with E-state index in [1.54, 1.807) is 12.1 Å². The second-order valence-electron chi connectivity index (χ2n) is 6.05. The molecule has 1 aliphatic carbocycles. The highest BCUT2D eigenvalue weighted by molar-refractivity contribution is 6.30. The summed E-state index contributed by atoms with van der Waals surface area (Å²) in [4.78, 5) is 2.42. The van der Waals surface area contributed by atoms with Crippen LogP contribution < -0.4 is 5.73 Å². The molecule has 1 saturated heterocycles. The Morgan fingerprint density at radius 1 is 1.24 bits per heavy atom. The zero-order valence-corrected chi connectivity index (χ0v) is 12.9. The summed E-state index contributed by atoms with van der Waals surface area (Å²) in [5.74, 6) is -0.297. The van der Waals surface area contributed by atoms with Crippen molar-refractivity contribution in [1.29, 1.82) is 0 Å². The largest absolute Gasteiger partial charge is 0.379 e. The molecule has 3 rings (SSSR count). The molecule has 0 aromatic heterocycles. The third kappa shape index (κ3) is 2.82. The van der Waals surface area contributed by atoms with Crippen LogP contribution in [0, 0.1) is 5.82 Å². The van der Waals surface area contributed by atoms with Crippen molar-refractivity contribution < 1.29 is 9.13 Å². The minimum absolute atomic E-state index is 0.140. The second-order valence-corrected chi connectivity index (χ2v) is 6.49. The Morgan fingerprint density at radius 2 is 1.90 bits per heavy atom. The van der Waals surface area contributed by atoms with Crippen LogP contribution in [0.1, 0.15) is 37.3 Å². The molecule has 1 unspecified atom stereocenters. The van der Waals surface area contributed by atoms with E-state index in [1.807, 2.05) is 0 Å². The lowest BCUT2D eigenvalue weighted by atomic mass is 9.82. The minimum Gasteiger partial charge on any atom is -0.379 e. The summed E-state index contributed by atoms with van der Waals surface area (Å²) in [5.41, 5.74) is 6.99. The molecule has 1 aromatic carbocycles. The highest BCUT2D eigenvalue weighted by Crippen LogP contribution is 2.44. The molecule has 1 saturated carbocycles. The van der Waals surface area contributed by atoms with Crippen LogP contribution in [0.15, 0.2) is 18.2 Å². The van der Waals surface area contributed by atoms with Crippen LogP contribution in [0.25, 0.3) is 0 Å². The van der Waals surface area contributed by atoms with Gasteiger partial charge < -0.3 is 10.5 Å². The Bertz CT molecular complexity index is 499. The van der Waals surface area contributed by atoms with Crippen molar-refractivity contribution in [3.05, 3.63) is 34.6 Å². The molecule has 116 valence electrons. The van der Waals surface area contributed by atoms with E-state index in [9.17, 15) is 4.39 Å². The van der Waals surface area contributed by atoms with Crippen LogP contribution in [0.4, 0.5) is 4.39 Å². The Kier molecular flexibility index (Phi) is 4.50. The van der Waals surface area contributed by atoms with Crippen LogP contribution in [0.3, 0.4) is 0 Å². The number of rotatable bonds is 3. The van der Waals surface area contributed by atoms with Gasteiger partial charge in [-0.1, -0.05) is 30.5 Å². The van der Waals surface area contributed by atoms with E-state index in [1.165, 1.54) is 6.07 Å². The number of hydrogen-bond acceptors (Lipinski definition) is 3. The minimum atomic E-state index is -0.324. The van der Waals surface area contributed by atoms with Gasteiger partial charge in [0.1, 0.15) is 5.82 Å². The molecule has 21 heavy (non-hydrogen) atoms. The maximum atomic E-state index is 14.3. The lowest BCUT2D eigenvalue weighted by Crippen LogP contribution is -2.57. The molecule has 0 bridgehead atoms. The summed E-state index contributed by atoms with van der Waals surface area (Å²) >= 11 is 5.86. The standard InChI is InChI=1S/C16H22ClFN2O/c17-12-3-4-13(14(18)11-12)15(19)16(5-1-2-6-16)20-7-9-21-10-8-20/h3-4,11,15H,1-2,5-10,19H2. The van der Waals surface area contributed by atoms with Gasteiger partial charge in [0.25, 0.3) is 0 Å². The summed E-state index contributed by atoms with van der Waals surface area (Å²) in [6.45, 7) is 3.22. The van der Waals surface area contributed by atoms with Gasteiger partial charge in [-0.05, 0) is 25.0 Å². The topological polar surface area (TPSA) is 38.5 Å². The molecule has 2 fully saturated rings. The number of nitrogens with two attached hydrogens (primary N) is 1. The van der Waals surface area contributed by atoms with E-state index in [-0.39, 0.29) is 17.4 Å². The molecule has 1 atom stereocenters. The lowest BCUT2D eigenvalue weighted by Gasteiger charge is -2.47. The summed E-state index contributed by atoms with van der Waals surface area (Å²) in [7, 11) is 0. The molecule has 0 spiro atoms. The van der Waals surface area contributed by atoms with Gasteiger partial charge >= 0.3 is 0 Å². The van der Waals surface area contributed by atoms with Crippen molar-refractivity contribution in [2.24, 2.45) is 5.73 Å². The van der Waals surface area contributed by atoms with Crippen molar-refractivity contribution in [3.8, 4) is 0 Å². The SMILES string of the molecule is NC(c1ccc(Cl)cc1F)C1(N2CCOCC2)CCCC1. The lowest BCUT2D eigenvalue weighted by molar-refractivity contribution is -0.0315. The number of morpholine rings is 1. The Balaban J connectivity index is 1.92. The first-order valence-electron chi connectivity index (χ1n) is 7.67. The normalized spacial score (nSPS) is 24.1. The fraction of sp³-hybridized carbons (Fsp3) is 0.625. The number of ether oxygens (including phenoxy) is 1. The number of benzene rings is 1. The molecule has 5 heteroatoms. The Labute approximate surface area is 130 Å². The van der Waals surface area contributed by atoms with Gasteiger partial charge in [-0.15, -0.1) is 0 Å². The van der Waals surface area contributed by atoms with Gasteiger partial charge in [0.2, 0.25) is 0 Å². The van der Waals surface area contributed by atoms with Crippen molar-refractivity contribution in [2.45, 2.75) is 37.3 Å². The third-order valence-electron chi connectivity index (χ3n) is 4.99. The predicted molar refractivity (Wildman–Crippen MR) is 81.9 cm³/mol. The van der Waals surface area contributed by atoms with Gasteiger partial charge in [0.05, 0.1) is 19.3 Å². The van der Waals surface area contributed by atoms with Crippen LogP contribution in [-0.2, 0) is 4.74 Å². The molecule has 2 aliphatic rings. The number of halogens is 2. The molecule has 1 aromatic rings. The van der Waals surface area contributed by atoms with Gasteiger partial charge in [-0.25, -0.2) is 4.39 Å². The summed E-state index contributed by atoms with van der Waals surface area (Å²) in [6.07, 6.45) is 4.35. The van der Waals surface area contributed by atoms with E-state index in [4.69, 9.17) is 22.1 Å². The van der Waals surface area contributed by atoms with Crippen molar-refractivity contribution in [3.63, 3.8) is 0 Å². The fourth-order valence-electron chi connectivity index (χ4n) is 3.86.